The van der Waals surface area contributed by atoms with E-state index in [2.05, 4.69) is 54.4 Å². The largest absolute Gasteiger partial charge is 0.358 e. The van der Waals surface area contributed by atoms with Gasteiger partial charge >= 0.3 is 0 Å². The van der Waals surface area contributed by atoms with Crippen molar-refractivity contribution in [1.82, 2.24) is 10.2 Å². The molecule has 4 nitrogen and oxygen atoms in total. The van der Waals surface area contributed by atoms with Crippen molar-refractivity contribution in [1.29, 1.82) is 0 Å². The molecule has 2 atom stereocenters. The molecule has 0 aliphatic carbocycles. The highest BCUT2D eigenvalue weighted by molar-refractivity contribution is 5.82. The van der Waals surface area contributed by atoms with Crippen LogP contribution in [0.2, 0.25) is 0 Å². The highest BCUT2D eigenvalue weighted by Gasteiger charge is 2.34. The van der Waals surface area contributed by atoms with Crippen LogP contribution >= 0.6 is 0 Å². The Hall–Kier alpha value is -1.65. The van der Waals surface area contributed by atoms with Crippen LogP contribution in [0.25, 0.3) is 5.57 Å². The van der Waals surface area contributed by atoms with Crippen LogP contribution in [-0.2, 0) is 4.79 Å². The Bertz CT molecular complexity index is 539. The first kappa shape index (κ1) is 17.7. The lowest BCUT2D eigenvalue weighted by molar-refractivity contribution is -0.124. The molecule has 0 radical (unpaired) electrons. The quantitative estimate of drug-likeness (QED) is 0.846. The third kappa shape index (κ3) is 4.91. The summed E-state index contributed by atoms with van der Waals surface area (Å²) < 4.78 is 0. The minimum atomic E-state index is -0.124. The zero-order chi connectivity index (χ0) is 16.8. The Morgan fingerprint density at radius 1 is 1.39 bits per heavy atom. The number of hydrogen-bond donors (Lipinski definition) is 2. The van der Waals surface area contributed by atoms with Gasteiger partial charge in [-0.2, -0.15) is 0 Å². The highest BCUT2D eigenvalue weighted by Crippen LogP contribution is 2.24. The van der Waals surface area contributed by atoms with Crippen LogP contribution in [0.15, 0.2) is 36.4 Å². The van der Waals surface area contributed by atoms with E-state index in [0.717, 1.165) is 25.9 Å². The lowest BCUT2D eigenvalue weighted by Gasteiger charge is -2.24. The number of nitrogens with two attached hydrogens (primary N) is 1. The third-order valence-electron chi connectivity index (χ3n) is 4.34. The van der Waals surface area contributed by atoms with E-state index in [4.69, 9.17) is 5.73 Å². The average molecular weight is 315 g/mol. The molecule has 0 saturated carbocycles. The van der Waals surface area contributed by atoms with E-state index in [1.807, 2.05) is 6.07 Å². The number of likely N-dealkylation sites (tertiary alicyclic amines) is 1. The van der Waals surface area contributed by atoms with Crippen LogP contribution in [0.1, 0.15) is 32.3 Å². The number of nitrogens with zero attached hydrogens (tertiary/aromatic N) is 1. The Morgan fingerprint density at radius 2 is 2.09 bits per heavy atom. The molecule has 4 heteroatoms. The lowest BCUT2D eigenvalue weighted by atomic mass is 10.0. The van der Waals surface area contributed by atoms with Crippen molar-refractivity contribution in [2.24, 2.45) is 11.7 Å². The van der Waals surface area contributed by atoms with Gasteiger partial charge in [0.25, 0.3) is 0 Å². The SMILES string of the molecule is CNC(=O)[C@@H]1C[C@H](N)CN1C/C(=C\CC(C)C)c1ccccc1. The molecule has 0 aromatic heterocycles. The van der Waals surface area contributed by atoms with Gasteiger partial charge in [-0.15, -0.1) is 0 Å². The summed E-state index contributed by atoms with van der Waals surface area (Å²) in [5.74, 6) is 0.679. The normalized spacial score (nSPS) is 22.6. The zero-order valence-corrected chi connectivity index (χ0v) is 14.5. The second-order valence-electron chi connectivity index (χ2n) is 6.78. The number of carbonyl (C=O) groups excluding carboxylic acids is 1. The van der Waals surface area contributed by atoms with Crippen molar-refractivity contribution in [3.63, 3.8) is 0 Å². The summed E-state index contributed by atoms with van der Waals surface area (Å²) in [6.45, 7) is 5.98. The molecule has 1 saturated heterocycles. The van der Waals surface area contributed by atoms with Gasteiger partial charge in [0.2, 0.25) is 5.91 Å². The number of allylic oxidation sites excluding steroid dienone is 1. The molecule has 0 unspecified atom stereocenters. The van der Waals surface area contributed by atoms with Crippen LogP contribution in [0.5, 0.6) is 0 Å². The van der Waals surface area contributed by atoms with Gasteiger partial charge in [-0.1, -0.05) is 50.3 Å². The molecule has 1 amide bonds. The maximum absolute atomic E-state index is 12.1. The van der Waals surface area contributed by atoms with Crippen LogP contribution in [0, 0.1) is 5.92 Å². The summed E-state index contributed by atoms with van der Waals surface area (Å²) in [6, 6.07) is 10.4. The topological polar surface area (TPSA) is 58.4 Å². The van der Waals surface area contributed by atoms with E-state index >= 15 is 0 Å². The fourth-order valence-electron chi connectivity index (χ4n) is 3.08. The predicted octanol–water partition coefficient (Wildman–Crippen LogP) is 2.26. The van der Waals surface area contributed by atoms with Gasteiger partial charge in [0.05, 0.1) is 6.04 Å². The van der Waals surface area contributed by atoms with Gasteiger partial charge in [0.15, 0.2) is 0 Å². The van der Waals surface area contributed by atoms with Crippen molar-refractivity contribution < 1.29 is 4.79 Å². The van der Waals surface area contributed by atoms with Crippen molar-refractivity contribution in [2.45, 2.75) is 38.8 Å². The standard InChI is InChI=1S/C19H29N3O/c1-14(2)9-10-16(15-7-5-4-6-8-15)12-22-13-17(20)11-18(22)19(23)21-3/h4-8,10,14,17-18H,9,11-13,20H2,1-3H3,(H,21,23)/b16-10+/t17-,18-/m0/s1. The number of benzene rings is 1. The van der Waals surface area contributed by atoms with E-state index in [1.54, 1.807) is 7.05 Å². The van der Waals surface area contributed by atoms with Crippen LogP contribution in [0.3, 0.4) is 0 Å². The van der Waals surface area contributed by atoms with Crippen molar-refractivity contribution >= 4 is 11.5 Å². The molecule has 1 heterocycles. The highest BCUT2D eigenvalue weighted by atomic mass is 16.2. The molecule has 1 fully saturated rings. The molecule has 23 heavy (non-hydrogen) atoms. The number of carbonyl (C=O) groups is 1. The van der Waals surface area contributed by atoms with Gasteiger partial charge < -0.3 is 11.1 Å². The Kier molecular flexibility index (Phi) is 6.37. The first-order chi connectivity index (χ1) is 11.0. The van der Waals surface area contributed by atoms with Gasteiger partial charge in [0, 0.05) is 26.2 Å². The van der Waals surface area contributed by atoms with Gasteiger partial charge in [-0.05, 0) is 29.9 Å². The molecule has 1 aromatic carbocycles. The van der Waals surface area contributed by atoms with E-state index in [-0.39, 0.29) is 18.0 Å². The number of hydrogen-bond acceptors (Lipinski definition) is 3. The molecular weight excluding hydrogens is 286 g/mol. The molecule has 1 aliphatic heterocycles. The zero-order valence-electron chi connectivity index (χ0n) is 14.5. The van der Waals surface area contributed by atoms with Crippen molar-refractivity contribution in [2.75, 3.05) is 20.1 Å². The molecule has 1 aliphatic rings. The number of nitrogens with one attached hydrogen (secondary N) is 1. The minimum Gasteiger partial charge on any atom is -0.358 e. The third-order valence-corrected chi connectivity index (χ3v) is 4.34. The number of rotatable bonds is 6. The molecule has 2 rings (SSSR count). The number of amides is 1. The van der Waals surface area contributed by atoms with E-state index in [9.17, 15) is 4.79 Å². The van der Waals surface area contributed by atoms with Gasteiger partial charge in [-0.3, -0.25) is 9.69 Å². The molecule has 0 spiro atoms. The summed E-state index contributed by atoms with van der Waals surface area (Å²) >= 11 is 0. The van der Waals surface area contributed by atoms with E-state index in [1.165, 1.54) is 11.1 Å². The van der Waals surface area contributed by atoms with Crippen molar-refractivity contribution in [3.05, 3.63) is 42.0 Å². The first-order valence-electron chi connectivity index (χ1n) is 8.47. The minimum absolute atomic E-state index is 0.0641. The maximum atomic E-state index is 12.1. The summed E-state index contributed by atoms with van der Waals surface area (Å²) in [5, 5.41) is 2.77. The first-order valence-corrected chi connectivity index (χ1v) is 8.47. The van der Waals surface area contributed by atoms with Crippen LogP contribution in [0.4, 0.5) is 0 Å². The molecule has 0 bridgehead atoms. The van der Waals surface area contributed by atoms with Gasteiger partial charge in [-0.25, -0.2) is 0 Å². The fourth-order valence-corrected chi connectivity index (χ4v) is 3.08. The van der Waals surface area contributed by atoms with Crippen LogP contribution < -0.4 is 11.1 Å². The molecule has 3 N–H and O–H groups in total. The predicted molar refractivity (Wildman–Crippen MR) is 95.9 cm³/mol. The Balaban J connectivity index is 2.19. The van der Waals surface area contributed by atoms with E-state index in [0.29, 0.717) is 5.92 Å². The molecular formula is C19H29N3O. The fraction of sp³-hybridized carbons (Fsp3) is 0.526. The second kappa shape index (κ2) is 8.27. The summed E-state index contributed by atoms with van der Waals surface area (Å²) in [6.07, 6.45) is 4.07. The second-order valence-corrected chi connectivity index (χ2v) is 6.78. The Labute approximate surface area is 139 Å². The Morgan fingerprint density at radius 3 is 2.70 bits per heavy atom. The summed E-state index contributed by atoms with van der Waals surface area (Å²) in [4.78, 5) is 14.3. The van der Waals surface area contributed by atoms with E-state index < -0.39 is 0 Å². The maximum Gasteiger partial charge on any atom is 0.237 e. The monoisotopic (exact) mass is 315 g/mol. The van der Waals surface area contributed by atoms with Crippen molar-refractivity contribution in [3.8, 4) is 0 Å². The smallest absolute Gasteiger partial charge is 0.237 e. The average Bonchev–Trinajstić information content (AvgIpc) is 2.91. The van der Waals surface area contributed by atoms with Gasteiger partial charge in [0.1, 0.15) is 0 Å². The molecule has 126 valence electrons. The summed E-state index contributed by atoms with van der Waals surface area (Å²) in [5.41, 5.74) is 8.61. The number of likely N-dealkylation sites (N-methyl/N-ethyl adjacent to an activating group) is 1. The summed E-state index contributed by atoms with van der Waals surface area (Å²) in [7, 11) is 1.69. The molecule has 1 aromatic rings. The van der Waals surface area contributed by atoms with Crippen LogP contribution in [-0.4, -0.2) is 43.0 Å². The lowest BCUT2D eigenvalue weighted by Crippen LogP contribution is -2.42.